The molecule has 0 aliphatic carbocycles. The summed E-state index contributed by atoms with van der Waals surface area (Å²) in [6.07, 6.45) is -5.22. The van der Waals surface area contributed by atoms with E-state index < -0.39 is 53.6 Å². The molecule has 0 aliphatic heterocycles. The van der Waals surface area contributed by atoms with Crippen LogP contribution in [0.5, 0.6) is 5.75 Å². The van der Waals surface area contributed by atoms with Crippen LogP contribution in [0.4, 0.5) is 23.2 Å². The number of alkyl halides is 3. The molecule has 0 aromatic heterocycles. The molecular formula is C19H18F4N2O5. The maximum Gasteiger partial charge on any atom is 0.416 e. The van der Waals surface area contributed by atoms with Crippen molar-refractivity contribution in [3.05, 3.63) is 69.5 Å². The third-order valence-corrected chi connectivity index (χ3v) is 4.06. The smallest absolute Gasteiger partial charge is 0.416 e. The van der Waals surface area contributed by atoms with E-state index in [1.165, 1.54) is 12.1 Å². The maximum atomic E-state index is 13.3. The Hall–Kier alpha value is -3.21. The molecule has 2 aromatic carbocycles. The predicted octanol–water partition coefficient (Wildman–Crippen LogP) is 3.43. The van der Waals surface area contributed by atoms with Crippen molar-refractivity contribution in [2.24, 2.45) is 0 Å². The van der Waals surface area contributed by atoms with Gasteiger partial charge in [-0.25, -0.2) is 4.39 Å². The van der Waals surface area contributed by atoms with Gasteiger partial charge in [-0.1, -0.05) is 6.07 Å². The number of nitrogens with one attached hydrogen (secondary N) is 1. The molecule has 2 N–H and O–H groups in total. The zero-order valence-corrected chi connectivity index (χ0v) is 15.7. The van der Waals surface area contributed by atoms with Crippen LogP contribution < -0.4 is 10.1 Å². The molecule has 11 heteroatoms. The van der Waals surface area contributed by atoms with Crippen molar-refractivity contribution in [2.45, 2.75) is 25.1 Å². The average Bonchev–Trinajstić information content (AvgIpc) is 2.65. The highest BCUT2D eigenvalue weighted by molar-refractivity contribution is 5.97. The van der Waals surface area contributed by atoms with E-state index in [0.29, 0.717) is 6.07 Å². The van der Waals surface area contributed by atoms with Gasteiger partial charge in [0.25, 0.3) is 5.91 Å². The van der Waals surface area contributed by atoms with Crippen LogP contribution in [-0.4, -0.2) is 34.7 Å². The molecule has 0 spiro atoms. The molecule has 0 bridgehead atoms. The lowest BCUT2D eigenvalue weighted by atomic mass is 10.0. The molecule has 2 aromatic rings. The Balaban J connectivity index is 2.12. The second-order valence-corrected chi connectivity index (χ2v) is 6.65. The van der Waals surface area contributed by atoms with Gasteiger partial charge in [-0.2, -0.15) is 13.2 Å². The van der Waals surface area contributed by atoms with Crippen molar-refractivity contribution >= 4 is 11.6 Å². The van der Waals surface area contributed by atoms with Crippen LogP contribution in [-0.2, 0) is 17.4 Å². The fourth-order valence-corrected chi connectivity index (χ4v) is 2.43. The second-order valence-electron chi connectivity index (χ2n) is 6.65. The van der Waals surface area contributed by atoms with Gasteiger partial charge in [0.05, 0.1) is 5.56 Å². The number of ether oxygens (including phenoxy) is 1. The number of amides is 1. The number of hydrogen-bond donors (Lipinski definition) is 2. The minimum Gasteiger partial charge on any atom is -0.490 e. The van der Waals surface area contributed by atoms with E-state index in [1.54, 1.807) is 0 Å². The van der Waals surface area contributed by atoms with Crippen LogP contribution in [0, 0.1) is 15.9 Å². The number of rotatable bonds is 8. The van der Waals surface area contributed by atoms with Crippen molar-refractivity contribution in [2.75, 3.05) is 18.5 Å². The Labute approximate surface area is 168 Å². The number of aliphatic hydroxyl groups is 1. The molecule has 0 heterocycles. The molecule has 2 rings (SSSR count). The zero-order valence-electron chi connectivity index (χ0n) is 15.7. The summed E-state index contributed by atoms with van der Waals surface area (Å²) in [5.74, 6) is -1.36. The number of anilines is 1. The zero-order chi connectivity index (χ0) is 22.5. The Morgan fingerprint density at radius 2 is 1.83 bits per heavy atom. The van der Waals surface area contributed by atoms with Crippen LogP contribution in [0.3, 0.4) is 0 Å². The van der Waals surface area contributed by atoms with Gasteiger partial charge in [0.15, 0.2) is 5.60 Å². The van der Waals surface area contributed by atoms with Gasteiger partial charge in [-0.15, -0.1) is 0 Å². The minimum absolute atomic E-state index is 0.180. The van der Waals surface area contributed by atoms with Gasteiger partial charge in [0, 0.05) is 17.0 Å². The molecule has 1 atom stereocenters. The van der Waals surface area contributed by atoms with E-state index >= 15 is 0 Å². The number of carbonyl (C=O) groups excluding carboxylic acids is 1. The van der Waals surface area contributed by atoms with Crippen LogP contribution >= 0.6 is 0 Å². The van der Waals surface area contributed by atoms with E-state index in [1.807, 2.05) is 0 Å². The van der Waals surface area contributed by atoms with Crippen molar-refractivity contribution in [1.82, 2.24) is 0 Å². The highest BCUT2D eigenvalue weighted by atomic mass is 19.4. The Morgan fingerprint density at radius 1 is 1.20 bits per heavy atom. The summed E-state index contributed by atoms with van der Waals surface area (Å²) in [7, 11) is 0. The van der Waals surface area contributed by atoms with Gasteiger partial charge >= 0.3 is 6.18 Å². The first kappa shape index (κ1) is 23.1. The second kappa shape index (κ2) is 9.08. The number of benzene rings is 2. The molecule has 30 heavy (non-hydrogen) atoms. The molecule has 162 valence electrons. The van der Waals surface area contributed by atoms with Gasteiger partial charge < -0.3 is 15.2 Å². The van der Waals surface area contributed by atoms with E-state index in [-0.39, 0.29) is 17.0 Å². The Morgan fingerprint density at radius 3 is 2.40 bits per heavy atom. The first-order valence-corrected chi connectivity index (χ1v) is 8.62. The summed E-state index contributed by atoms with van der Waals surface area (Å²) < 4.78 is 57.9. The summed E-state index contributed by atoms with van der Waals surface area (Å²) in [5, 5.41) is 22.9. The predicted molar refractivity (Wildman–Crippen MR) is 98.2 cm³/mol. The number of nitrogens with zero attached hydrogens (tertiary/aromatic N) is 1. The van der Waals surface area contributed by atoms with Gasteiger partial charge in [-0.3, -0.25) is 14.9 Å². The van der Waals surface area contributed by atoms with Crippen molar-refractivity contribution in [3.8, 4) is 5.75 Å². The van der Waals surface area contributed by atoms with Crippen LogP contribution in [0.2, 0.25) is 0 Å². The Kier molecular flexibility index (Phi) is 6.98. The van der Waals surface area contributed by atoms with Gasteiger partial charge in [0.1, 0.15) is 18.2 Å². The maximum absolute atomic E-state index is 13.3. The van der Waals surface area contributed by atoms with Crippen molar-refractivity contribution in [1.29, 1.82) is 0 Å². The highest BCUT2D eigenvalue weighted by Crippen LogP contribution is 2.34. The quantitative estimate of drug-likeness (QED) is 0.380. The highest BCUT2D eigenvalue weighted by Gasteiger charge is 2.35. The average molecular weight is 430 g/mol. The number of halogens is 4. The lowest BCUT2D eigenvalue weighted by molar-refractivity contribution is -0.479. The van der Waals surface area contributed by atoms with Crippen molar-refractivity contribution in [3.63, 3.8) is 0 Å². The first-order valence-electron chi connectivity index (χ1n) is 8.62. The van der Waals surface area contributed by atoms with E-state index in [9.17, 15) is 37.6 Å². The summed E-state index contributed by atoms with van der Waals surface area (Å²) in [6, 6.07) is 7.62. The van der Waals surface area contributed by atoms with Crippen LogP contribution in [0.25, 0.3) is 0 Å². The fraction of sp³-hybridized carbons (Fsp3) is 0.316. The third kappa shape index (κ3) is 6.41. The molecule has 1 unspecified atom stereocenters. The van der Waals surface area contributed by atoms with Crippen LogP contribution in [0.1, 0.15) is 18.1 Å². The third-order valence-electron chi connectivity index (χ3n) is 4.06. The summed E-state index contributed by atoms with van der Waals surface area (Å²) in [6.45, 7) is -0.121. The summed E-state index contributed by atoms with van der Waals surface area (Å²) in [4.78, 5) is 22.0. The lowest BCUT2D eigenvalue weighted by Crippen LogP contribution is -2.45. The molecule has 0 saturated heterocycles. The molecular weight excluding hydrogens is 412 g/mol. The Bertz CT molecular complexity index is 914. The minimum atomic E-state index is -4.79. The normalized spacial score (nSPS) is 13.4. The SMILES string of the molecule is CC(O)(COc1ccc(F)cc1)C(=O)Nc1ccc(CC[N+](=O)[O-])c(C(F)(F)F)c1. The molecule has 0 fully saturated rings. The first-order chi connectivity index (χ1) is 13.9. The number of hydrogen-bond acceptors (Lipinski definition) is 5. The monoisotopic (exact) mass is 430 g/mol. The van der Waals surface area contributed by atoms with E-state index in [0.717, 1.165) is 31.2 Å². The van der Waals surface area contributed by atoms with E-state index in [2.05, 4.69) is 5.32 Å². The fourth-order valence-electron chi connectivity index (χ4n) is 2.43. The molecule has 0 saturated carbocycles. The van der Waals surface area contributed by atoms with Gasteiger partial charge in [0.2, 0.25) is 6.54 Å². The lowest BCUT2D eigenvalue weighted by Gasteiger charge is -2.23. The molecule has 1 amide bonds. The topological polar surface area (TPSA) is 102 Å². The molecule has 0 aliphatic rings. The van der Waals surface area contributed by atoms with Gasteiger partial charge in [-0.05, 0) is 48.9 Å². The van der Waals surface area contributed by atoms with Crippen LogP contribution in [0.15, 0.2) is 42.5 Å². The molecule has 0 radical (unpaired) electrons. The summed E-state index contributed by atoms with van der Waals surface area (Å²) >= 11 is 0. The number of nitro groups is 1. The standard InChI is InChI=1S/C19H18F4N2O5/c1-18(27,11-30-15-6-3-13(20)4-7-15)17(26)24-14-5-2-12(8-9-25(28)29)16(10-14)19(21,22)23/h2-7,10,27H,8-9,11H2,1H3,(H,24,26). The number of carbonyl (C=O) groups is 1. The largest absolute Gasteiger partial charge is 0.490 e. The molecule has 7 nitrogen and oxygen atoms in total. The van der Waals surface area contributed by atoms with E-state index in [4.69, 9.17) is 4.74 Å². The summed E-state index contributed by atoms with van der Waals surface area (Å²) in [5.41, 5.74) is -3.77. The van der Waals surface area contributed by atoms with Crippen molar-refractivity contribution < 1.29 is 37.1 Å².